The number of ether oxygens (including phenoxy) is 1. The maximum atomic E-state index is 12.4. The molecule has 7 aromatic rings. The third-order valence-corrected chi connectivity index (χ3v) is 11.5. The maximum Gasteiger partial charge on any atom is 0.260 e. The zero-order chi connectivity index (χ0) is 30.3. The molecule has 45 heavy (non-hydrogen) atoms. The number of para-hydroxylation sites is 1. The summed E-state index contributed by atoms with van der Waals surface area (Å²) in [6, 6.07) is 45.2. The van der Waals surface area contributed by atoms with Gasteiger partial charge in [-0.05, 0) is 45.6 Å². The van der Waals surface area contributed by atoms with Gasteiger partial charge in [-0.2, -0.15) is 17.1 Å². The normalized spacial score (nSPS) is 11.8. The molecule has 1 N–H and O–H groups in total. The molecule has 0 bridgehead atoms. The molecule has 0 saturated carbocycles. The molecule has 3 aromatic heterocycles. The summed E-state index contributed by atoms with van der Waals surface area (Å²) >= 11 is 0. The summed E-state index contributed by atoms with van der Waals surface area (Å²) in [6.45, 7) is 6.60. The average molecular weight is 786 g/mol. The van der Waals surface area contributed by atoms with Gasteiger partial charge < -0.3 is 9.53 Å². The Morgan fingerprint density at radius 1 is 0.733 bits per heavy atom. The van der Waals surface area contributed by atoms with Crippen molar-refractivity contribution in [1.82, 2.24) is 14.5 Å². The molecule has 226 valence electrons. The van der Waals surface area contributed by atoms with Crippen LogP contribution in [0.4, 0.5) is 0 Å². The molecule has 5 nitrogen and oxygen atoms in total. The van der Waals surface area contributed by atoms with E-state index in [9.17, 15) is 4.80 Å². The van der Waals surface area contributed by atoms with Crippen LogP contribution in [-0.4, -0.2) is 27.6 Å². The van der Waals surface area contributed by atoms with E-state index in [2.05, 4.69) is 55.7 Å². The van der Waals surface area contributed by atoms with Crippen LogP contribution < -0.4 is 20.3 Å². The Hall–Kier alpha value is -4.35. The Labute approximate surface area is 278 Å². The second-order valence-electron chi connectivity index (χ2n) is 12.0. The zero-order valence-corrected chi connectivity index (χ0v) is 28.5. The molecule has 0 unspecified atom stereocenters. The summed E-state index contributed by atoms with van der Waals surface area (Å²) in [6.07, 6.45) is 1.86. The molecule has 0 radical (unpaired) electrons. The minimum Gasteiger partial charge on any atom is -0.466 e. The summed E-state index contributed by atoms with van der Waals surface area (Å²) < 4.78 is 8.47. The fourth-order valence-electron chi connectivity index (χ4n) is 5.79. The Morgan fingerprint density at radius 3 is 2.09 bits per heavy atom. The number of hydrogen-bond donors (Lipinski definition) is 1. The number of aromatic nitrogens is 3. The van der Waals surface area contributed by atoms with Crippen molar-refractivity contribution in [2.45, 2.75) is 26.2 Å². The second-order valence-corrected chi connectivity index (χ2v) is 15.1. The SMILES string of the molecule is CC(C)(C)c1ccnc(-n2c3ccccc3c3ccc(Oc4[c-]c([Si](O)(c5ccccc5)c5ccccc5)ccc4)nc32)c1.[Pt]. The Morgan fingerprint density at radius 2 is 1.40 bits per heavy atom. The monoisotopic (exact) mass is 785 g/mol. The standard InChI is InChI=1S/C38H32N3O2Si.Pt/c1-38(2,3)27-23-24-39-35(25-27)41-34-20-11-10-19-32(34)33-21-22-36(40-37(33)41)43-28-13-12-18-31(26-28)44(42,29-14-6-4-7-15-29)30-16-8-5-9-17-30;/h4-25,42H,1-3H3;/q-1;. The Balaban J connectivity index is 0.00000357. The first-order chi connectivity index (χ1) is 21.3. The number of fused-ring (bicyclic) bond motifs is 3. The molecule has 0 aliphatic rings. The van der Waals surface area contributed by atoms with E-state index in [0.717, 1.165) is 38.1 Å². The fraction of sp³-hybridized carbons (Fsp3) is 0.105. The zero-order valence-electron chi connectivity index (χ0n) is 25.2. The van der Waals surface area contributed by atoms with E-state index in [1.165, 1.54) is 5.56 Å². The molecule has 0 amide bonds. The van der Waals surface area contributed by atoms with Crippen molar-refractivity contribution in [3.05, 3.63) is 145 Å². The maximum absolute atomic E-state index is 12.4. The molecular weight excluding hydrogens is 754 g/mol. The fourth-order valence-corrected chi connectivity index (χ4v) is 8.73. The second kappa shape index (κ2) is 12.2. The summed E-state index contributed by atoms with van der Waals surface area (Å²) in [5.41, 5.74) is 2.96. The molecule has 3 heterocycles. The van der Waals surface area contributed by atoms with Crippen molar-refractivity contribution in [2.24, 2.45) is 0 Å². The van der Waals surface area contributed by atoms with E-state index in [1.807, 2.05) is 109 Å². The number of benzene rings is 4. The van der Waals surface area contributed by atoms with E-state index in [4.69, 9.17) is 14.7 Å². The van der Waals surface area contributed by atoms with Gasteiger partial charge in [0.25, 0.3) is 8.32 Å². The van der Waals surface area contributed by atoms with Crippen LogP contribution in [0.1, 0.15) is 26.3 Å². The Kier molecular flexibility index (Phi) is 8.32. The molecule has 7 heteroatoms. The van der Waals surface area contributed by atoms with Crippen LogP contribution >= 0.6 is 0 Å². The first-order valence-corrected chi connectivity index (χ1v) is 16.7. The minimum absolute atomic E-state index is 0. The molecule has 4 aromatic carbocycles. The van der Waals surface area contributed by atoms with Crippen molar-refractivity contribution in [3.8, 4) is 17.4 Å². The van der Waals surface area contributed by atoms with Crippen molar-refractivity contribution in [3.63, 3.8) is 0 Å². The van der Waals surface area contributed by atoms with Crippen LogP contribution in [0.15, 0.2) is 134 Å². The largest absolute Gasteiger partial charge is 0.466 e. The quantitative estimate of drug-likeness (QED) is 0.120. The number of pyridine rings is 2. The van der Waals surface area contributed by atoms with Gasteiger partial charge in [-0.1, -0.05) is 99.6 Å². The summed E-state index contributed by atoms with van der Waals surface area (Å²) in [4.78, 5) is 22.2. The molecule has 0 aliphatic heterocycles. The summed E-state index contributed by atoms with van der Waals surface area (Å²) in [5.74, 6) is 1.73. The van der Waals surface area contributed by atoms with E-state index < -0.39 is 8.32 Å². The van der Waals surface area contributed by atoms with Crippen molar-refractivity contribution in [1.29, 1.82) is 0 Å². The van der Waals surface area contributed by atoms with Crippen molar-refractivity contribution >= 4 is 45.8 Å². The van der Waals surface area contributed by atoms with Crippen LogP contribution in [0, 0.1) is 6.07 Å². The van der Waals surface area contributed by atoms with Gasteiger partial charge in [-0.3, -0.25) is 4.57 Å². The van der Waals surface area contributed by atoms with Gasteiger partial charge in [0.1, 0.15) is 5.82 Å². The number of hydrogen-bond acceptors (Lipinski definition) is 4. The van der Waals surface area contributed by atoms with E-state index in [1.54, 1.807) is 0 Å². The molecular formula is C38H32N3O2PtSi-. The molecule has 0 spiro atoms. The van der Waals surface area contributed by atoms with Crippen molar-refractivity contribution in [2.75, 3.05) is 0 Å². The molecule has 0 aliphatic carbocycles. The van der Waals surface area contributed by atoms with Crippen LogP contribution in [0.2, 0.25) is 0 Å². The third kappa shape index (κ3) is 5.66. The predicted molar refractivity (Wildman–Crippen MR) is 180 cm³/mol. The van der Waals surface area contributed by atoms with Crippen LogP contribution in [0.25, 0.3) is 27.8 Å². The van der Waals surface area contributed by atoms with Gasteiger partial charge in [0.05, 0.1) is 5.52 Å². The van der Waals surface area contributed by atoms with E-state index in [0.29, 0.717) is 16.8 Å². The minimum atomic E-state index is -3.33. The van der Waals surface area contributed by atoms with Gasteiger partial charge in [-0.25, -0.2) is 4.98 Å². The molecule has 0 fully saturated rings. The first kappa shape index (κ1) is 30.7. The smallest absolute Gasteiger partial charge is 0.260 e. The summed E-state index contributed by atoms with van der Waals surface area (Å²) in [7, 11) is -3.33. The predicted octanol–water partition coefficient (Wildman–Crippen LogP) is 6.42. The molecule has 0 saturated heterocycles. The molecule has 0 atom stereocenters. The topological polar surface area (TPSA) is 60.2 Å². The van der Waals surface area contributed by atoms with Gasteiger partial charge in [-0.15, -0.1) is 17.3 Å². The van der Waals surface area contributed by atoms with Crippen molar-refractivity contribution < 1.29 is 30.6 Å². The van der Waals surface area contributed by atoms with Crippen LogP contribution in [0.5, 0.6) is 11.6 Å². The number of rotatable bonds is 6. The van der Waals surface area contributed by atoms with E-state index in [-0.39, 0.29) is 26.5 Å². The summed E-state index contributed by atoms with van der Waals surface area (Å²) in [5, 5.41) is 4.59. The van der Waals surface area contributed by atoms with Gasteiger partial charge >= 0.3 is 0 Å². The average Bonchev–Trinajstić information content (AvgIpc) is 3.38. The van der Waals surface area contributed by atoms with Gasteiger partial charge in [0.15, 0.2) is 5.65 Å². The Bertz CT molecular complexity index is 2070. The van der Waals surface area contributed by atoms with Crippen LogP contribution in [-0.2, 0) is 26.5 Å². The first-order valence-electron chi connectivity index (χ1n) is 14.7. The third-order valence-electron chi connectivity index (χ3n) is 8.09. The van der Waals surface area contributed by atoms with Crippen LogP contribution in [0.3, 0.4) is 0 Å². The van der Waals surface area contributed by atoms with Gasteiger partial charge in [0, 0.05) is 49.9 Å². The van der Waals surface area contributed by atoms with Gasteiger partial charge in [0.2, 0.25) is 5.88 Å². The van der Waals surface area contributed by atoms with E-state index >= 15 is 0 Å². The number of nitrogens with zero attached hydrogens (tertiary/aromatic N) is 3. The molecule has 7 rings (SSSR count).